The maximum absolute atomic E-state index is 13.1. The molecule has 0 aromatic heterocycles. The molecule has 0 aliphatic carbocycles. The van der Waals surface area contributed by atoms with Crippen LogP contribution in [0.4, 0.5) is 0 Å². The normalized spacial score (nSPS) is 14.8. The molecule has 3 amide bonds. The largest absolute Gasteiger partial charge is 0.497 e. The van der Waals surface area contributed by atoms with Crippen LogP contribution in [0.3, 0.4) is 0 Å². The number of benzene rings is 2. The van der Waals surface area contributed by atoms with E-state index < -0.39 is 6.04 Å². The maximum Gasteiger partial charge on any atom is 0.253 e. The Morgan fingerprint density at radius 2 is 1.74 bits per heavy atom. The second-order valence-corrected chi connectivity index (χ2v) is 8.82. The Morgan fingerprint density at radius 3 is 2.37 bits per heavy atom. The first-order chi connectivity index (χ1) is 16.9. The van der Waals surface area contributed by atoms with Gasteiger partial charge in [-0.25, -0.2) is 0 Å². The second kappa shape index (κ2) is 12.9. The fourth-order valence-electron chi connectivity index (χ4n) is 4.30. The zero-order valence-electron chi connectivity index (χ0n) is 20.7. The minimum absolute atomic E-state index is 0.00464. The first kappa shape index (κ1) is 26.2. The zero-order valence-corrected chi connectivity index (χ0v) is 20.7. The summed E-state index contributed by atoms with van der Waals surface area (Å²) in [6.07, 6.45) is 1.93. The van der Waals surface area contributed by atoms with Gasteiger partial charge in [-0.2, -0.15) is 0 Å². The van der Waals surface area contributed by atoms with E-state index in [1.54, 1.807) is 38.5 Å². The predicted octanol–water partition coefficient (Wildman–Crippen LogP) is 2.81. The van der Waals surface area contributed by atoms with E-state index in [1.165, 1.54) is 0 Å². The van der Waals surface area contributed by atoms with Gasteiger partial charge in [0.1, 0.15) is 11.8 Å². The van der Waals surface area contributed by atoms with Crippen LogP contribution in [0.5, 0.6) is 5.75 Å². The quantitative estimate of drug-likeness (QED) is 0.509. The molecule has 1 saturated heterocycles. The second-order valence-electron chi connectivity index (χ2n) is 8.82. The van der Waals surface area contributed by atoms with Crippen molar-refractivity contribution >= 4 is 17.7 Å². The molecule has 0 spiro atoms. The summed E-state index contributed by atoms with van der Waals surface area (Å²) in [6.45, 7) is 4.03. The molecular formula is C27H35N3O5. The Hall–Kier alpha value is -3.39. The van der Waals surface area contributed by atoms with Crippen molar-refractivity contribution in [1.29, 1.82) is 0 Å². The van der Waals surface area contributed by atoms with Gasteiger partial charge in [0, 0.05) is 44.5 Å². The summed E-state index contributed by atoms with van der Waals surface area (Å²) in [5.74, 6) is 0.0326. The molecule has 2 aromatic carbocycles. The topological polar surface area (TPSA) is 97.0 Å². The van der Waals surface area contributed by atoms with Gasteiger partial charge in [0.2, 0.25) is 5.91 Å². The lowest BCUT2D eigenvalue weighted by molar-refractivity contribution is -0.124. The Bertz CT molecular complexity index is 1000. The predicted molar refractivity (Wildman–Crippen MR) is 134 cm³/mol. The molecular weight excluding hydrogens is 446 g/mol. The standard InChI is InChI=1S/C27H35N3O5/c1-19-6-4-7-22(18-19)27(33)30-15-12-20(13-16-30)24(26(32)28-14-5-17-34-2)29-25(31)21-8-10-23(35-3)11-9-21/h4,6-11,18,20,24H,5,12-17H2,1-3H3,(H,28,32)(H,29,31). The average Bonchev–Trinajstić information content (AvgIpc) is 2.89. The summed E-state index contributed by atoms with van der Waals surface area (Å²) in [7, 11) is 3.18. The molecule has 1 aliphatic heterocycles. The van der Waals surface area contributed by atoms with E-state index in [2.05, 4.69) is 10.6 Å². The van der Waals surface area contributed by atoms with Crippen molar-refractivity contribution in [1.82, 2.24) is 15.5 Å². The summed E-state index contributed by atoms with van der Waals surface area (Å²) >= 11 is 0. The summed E-state index contributed by atoms with van der Waals surface area (Å²) < 4.78 is 10.2. The van der Waals surface area contributed by atoms with Crippen LogP contribution < -0.4 is 15.4 Å². The lowest BCUT2D eigenvalue weighted by Gasteiger charge is -2.36. The van der Waals surface area contributed by atoms with Crippen LogP contribution in [0.2, 0.25) is 0 Å². The van der Waals surface area contributed by atoms with Crippen LogP contribution in [0.1, 0.15) is 45.5 Å². The molecule has 1 unspecified atom stereocenters. The fourth-order valence-corrected chi connectivity index (χ4v) is 4.30. The van der Waals surface area contributed by atoms with Gasteiger partial charge in [-0.1, -0.05) is 17.7 Å². The molecule has 1 heterocycles. The number of piperidine rings is 1. The number of nitrogens with zero attached hydrogens (tertiary/aromatic N) is 1. The van der Waals surface area contributed by atoms with Gasteiger partial charge < -0.3 is 25.0 Å². The molecule has 1 fully saturated rings. The van der Waals surface area contributed by atoms with Crippen molar-refractivity contribution in [2.24, 2.45) is 5.92 Å². The highest BCUT2D eigenvalue weighted by Crippen LogP contribution is 2.23. The monoisotopic (exact) mass is 481 g/mol. The highest BCUT2D eigenvalue weighted by atomic mass is 16.5. The summed E-state index contributed by atoms with van der Waals surface area (Å²) in [4.78, 5) is 40.8. The molecule has 0 saturated carbocycles. The molecule has 2 aromatic rings. The maximum atomic E-state index is 13.1. The third-order valence-electron chi connectivity index (χ3n) is 6.31. The molecule has 2 N–H and O–H groups in total. The molecule has 0 bridgehead atoms. The lowest BCUT2D eigenvalue weighted by atomic mass is 9.88. The van der Waals surface area contributed by atoms with E-state index in [4.69, 9.17) is 9.47 Å². The Balaban J connectivity index is 1.66. The number of aryl methyl sites for hydroxylation is 1. The van der Waals surface area contributed by atoms with E-state index in [9.17, 15) is 14.4 Å². The minimum Gasteiger partial charge on any atom is -0.497 e. The number of hydrogen-bond donors (Lipinski definition) is 2. The van der Waals surface area contributed by atoms with Crippen LogP contribution >= 0.6 is 0 Å². The van der Waals surface area contributed by atoms with E-state index in [0.717, 1.165) is 5.56 Å². The van der Waals surface area contributed by atoms with Crippen LogP contribution in [-0.2, 0) is 9.53 Å². The number of carbonyl (C=O) groups is 3. The van der Waals surface area contributed by atoms with Crippen molar-refractivity contribution in [3.63, 3.8) is 0 Å². The molecule has 188 valence electrons. The molecule has 1 aliphatic rings. The molecule has 1 atom stereocenters. The molecule has 8 heteroatoms. The summed E-state index contributed by atoms with van der Waals surface area (Å²) in [6, 6.07) is 13.6. The number of hydrogen-bond acceptors (Lipinski definition) is 5. The summed E-state index contributed by atoms with van der Waals surface area (Å²) in [5, 5.41) is 5.86. The minimum atomic E-state index is -0.691. The van der Waals surface area contributed by atoms with Gasteiger partial charge in [-0.3, -0.25) is 14.4 Å². The SMILES string of the molecule is COCCCNC(=O)C(NC(=O)c1ccc(OC)cc1)C1CCN(C(=O)c2cccc(C)c2)CC1. The van der Waals surface area contributed by atoms with Gasteiger partial charge in [-0.05, 0) is 68.5 Å². The van der Waals surface area contributed by atoms with Gasteiger partial charge in [0.05, 0.1) is 7.11 Å². The van der Waals surface area contributed by atoms with E-state index >= 15 is 0 Å². The number of nitrogens with one attached hydrogen (secondary N) is 2. The van der Waals surface area contributed by atoms with E-state index in [1.807, 2.05) is 36.1 Å². The number of amides is 3. The third-order valence-corrected chi connectivity index (χ3v) is 6.31. The number of ether oxygens (including phenoxy) is 2. The zero-order chi connectivity index (χ0) is 25.2. The van der Waals surface area contributed by atoms with Crippen LogP contribution in [-0.4, -0.2) is 69.1 Å². The molecule has 35 heavy (non-hydrogen) atoms. The van der Waals surface area contributed by atoms with E-state index in [0.29, 0.717) is 62.4 Å². The van der Waals surface area contributed by atoms with Crippen LogP contribution in [0.25, 0.3) is 0 Å². The Morgan fingerprint density at radius 1 is 1.03 bits per heavy atom. The number of carbonyl (C=O) groups excluding carboxylic acids is 3. The Kier molecular flexibility index (Phi) is 9.66. The summed E-state index contributed by atoms with van der Waals surface area (Å²) in [5.41, 5.74) is 2.16. The van der Waals surface area contributed by atoms with Gasteiger partial charge in [0.25, 0.3) is 11.8 Å². The number of likely N-dealkylation sites (tertiary alicyclic amines) is 1. The highest BCUT2D eigenvalue weighted by molar-refractivity contribution is 5.98. The van der Waals surface area contributed by atoms with Crippen molar-refractivity contribution in [2.75, 3.05) is 40.5 Å². The van der Waals surface area contributed by atoms with Crippen molar-refractivity contribution in [3.05, 3.63) is 65.2 Å². The molecule has 8 nitrogen and oxygen atoms in total. The van der Waals surface area contributed by atoms with Crippen molar-refractivity contribution in [2.45, 2.75) is 32.2 Å². The van der Waals surface area contributed by atoms with E-state index in [-0.39, 0.29) is 23.6 Å². The van der Waals surface area contributed by atoms with Gasteiger partial charge in [0.15, 0.2) is 0 Å². The van der Waals surface area contributed by atoms with Crippen molar-refractivity contribution < 1.29 is 23.9 Å². The number of rotatable bonds is 10. The first-order valence-corrected chi connectivity index (χ1v) is 12.0. The fraction of sp³-hybridized carbons (Fsp3) is 0.444. The van der Waals surface area contributed by atoms with Gasteiger partial charge in [-0.15, -0.1) is 0 Å². The number of methoxy groups -OCH3 is 2. The smallest absolute Gasteiger partial charge is 0.253 e. The third kappa shape index (κ3) is 7.29. The molecule has 3 rings (SSSR count). The van der Waals surface area contributed by atoms with Crippen LogP contribution in [0.15, 0.2) is 48.5 Å². The highest BCUT2D eigenvalue weighted by Gasteiger charge is 2.34. The Labute approximate surface area is 207 Å². The lowest BCUT2D eigenvalue weighted by Crippen LogP contribution is -2.54. The van der Waals surface area contributed by atoms with Crippen LogP contribution in [0, 0.1) is 12.8 Å². The average molecular weight is 482 g/mol. The first-order valence-electron chi connectivity index (χ1n) is 12.0. The molecule has 0 radical (unpaired) electrons. The van der Waals surface area contributed by atoms with Gasteiger partial charge >= 0.3 is 0 Å². The van der Waals surface area contributed by atoms with Crippen molar-refractivity contribution in [3.8, 4) is 5.75 Å².